The van der Waals surface area contributed by atoms with Crippen LogP contribution in [0.15, 0.2) is 30.3 Å². The molecule has 1 amide bonds. The molecule has 0 radical (unpaired) electrons. The predicted molar refractivity (Wildman–Crippen MR) is 89.1 cm³/mol. The van der Waals surface area contributed by atoms with Gasteiger partial charge in [0.15, 0.2) is 0 Å². The number of aryl methyl sites for hydroxylation is 1. The van der Waals surface area contributed by atoms with E-state index in [1.54, 1.807) is 25.1 Å². The number of nitrogens with one attached hydrogen (secondary N) is 2. The van der Waals surface area contributed by atoms with Crippen LogP contribution in [0.1, 0.15) is 36.5 Å². The second-order valence-electron chi connectivity index (χ2n) is 5.76. The van der Waals surface area contributed by atoms with Crippen LogP contribution in [0.3, 0.4) is 0 Å². The zero-order valence-corrected chi connectivity index (χ0v) is 13.6. The molecule has 1 aromatic heterocycles. The maximum absolute atomic E-state index is 13.6. The molecule has 0 aliphatic heterocycles. The first-order valence-corrected chi connectivity index (χ1v) is 7.61. The minimum Gasteiger partial charge on any atom is -0.354 e. The zero-order valence-electron chi connectivity index (χ0n) is 13.6. The Labute approximate surface area is 135 Å². The van der Waals surface area contributed by atoms with Gasteiger partial charge in [0, 0.05) is 12.2 Å². The summed E-state index contributed by atoms with van der Waals surface area (Å²) < 4.78 is 13.6. The van der Waals surface area contributed by atoms with Gasteiger partial charge in [0.1, 0.15) is 11.5 Å². The highest BCUT2D eigenvalue weighted by Crippen LogP contribution is 2.14. The number of hydrogen-bond donors (Lipinski definition) is 2. The monoisotopic (exact) mass is 316 g/mol. The Morgan fingerprint density at radius 1 is 1.26 bits per heavy atom. The first-order chi connectivity index (χ1) is 11.0. The summed E-state index contributed by atoms with van der Waals surface area (Å²) in [5, 5.41) is 5.63. The zero-order chi connectivity index (χ0) is 16.8. The van der Waals surface area contributed by atoms with Gasteiger partial charge in [-0.3, -0.25) is 4.79 Å². The summed E-state index contributed by atoms with van der Waals surface area (Å²) in [7, 11) is 0. The Kier molecular flexibility index (Phi) is 5.62. The molecule has 122 valence electrons. The van der Waals surface area contributed by atoms with E-state index in [2.05, 4.69) is 34.4 Å². The van der Waals surface area contributed by atoms with Gasteiger partial charge in [-0.05, 0) is 37.5 Å². The maximum atomic E-state index is 13.6. The summed E-state index contributed by atoms with van der Waals surface area (Å²) in [5.74, 6) is 0.0230. The molecule has 2 N–H and O–H groups in total. The normalized spacial score (nSPS) is 10.7. The Bertz CT molecular complexity index is 688. The van der Waals surface area contributed by atoms with E-state index in [1.807, 2.05) is 0 Å². The summed E-state index contributed by atoms with van der Waals surface area (Å²) in [6.07, 6.45) is 0.980. The second-order valence-corrected chi connectivity index (χ2v) is 5.76. The molecule has 0 aliphatic rings. The van der Waals surface area contributed by atoms with Crippen molar-refractivity contribution in [2.75, 3.05) is 17.2 Å². The average molecular weight is 316 g/mol. The lowest BCUT2D eigenvalue weighted by Gasteiger charge is -2.10. The van der Waals surface area contributed by atoms with E-state index in [1.165, 1.54) is 12.1 Å². The highest BCUT2D eigenvalue weighted by Gasteiger charge is 2.12. The Balaban J connectivity index is 2.11. The minimum absolute atomic E-state index is 0.128. The quantitative estimate of drug-likeness (QED) is 0.854. The number of aromatic nitrogens is 2. The van der Waals surface area contributed by atoms with Crippen LogP contribution in [0.4, 0.5) is 16.0 Å². The van der Waals surface area contributed by atoms with Crippen molar-refractivity contribution in [3.8, 4) is 0 Å². The third kappa shape index (κ3) is 5.02. The van der Waals surface area contributed by atoms with Crippen LogP contribution in [0.25, 0.3) is 0 Å². The molecule has 0 spiro atoms. The molecule has 6 heteroatoms. The molecule has 2 aromatic rings. The Morgan fingerprint density at radius 3 is 2.70 bits per heavy atom. The Morgan fingerprint density at radius 2 is 2.00 bits per heavy atom. The van der Waals surface area contributed by atoms with Crippen molar-refractivity contribution in [1.29, 1.82) is 0 Å². The van der Waals surface area contributed by atoms with Crippen molar-refractivity contribution < 1.29 is 9.18 Å². The molecule has 2 rings (SSSR count). The largest absolute Gasteiger partial charge is 0.354 e. The van der Waals surface area contributed by atoms with Crippen molar-refractivity contribution in [2.24, 2.45) is 5.92 Å². The number of nitrogens with zero attached hydrogens (tertiary/aromatic N) is 2. The van der Waals surface area contributed by atoms with Gasteiger partial charge in [-0.1, -0.05) is 26.0 Å². The van der Waals surface area contributed by atoms with Gasteiger partial charge < -0.3 is 10.6 Å². The molecule has 0 atom stereocenters. The summed E-state index contributed by atoms with van der Waals surface area (Å²) >= 11 is 0. The van der Waals surface area contributed by atoms with E-state index >= 15 is 0 Å². The van der Waals surface area contributed by atoms with Crippen LogP contribution < -0.4 is 10.6 Å². The van der Waals surface area contributed by atoms with Gasteiger partial charge in [-0.25, -0.2) is 14.4 Å². The van der Waals surface area contributed by atoms with Gasteiger partial charge in [-0.2, -0.15) is 0 Å². The molecule has 5 nitrogen and oxygen atoms in total. The number of anilines is 2. The molecule has 1 aromatic carbocycles. The van der Waals surface area contributed by atoms with Crippen molar-refractivity contribution in [1.82, 2.24) is 9.97 Å². The van der Waals surface area contributed by atoms with Gasteiger partial charge in [0.2, 0.25) is 5.95 Å². The van der Waals surface area contributed by atoms with Gasteiger partial charge in [0.25, 0.3) is 5.91 Å². The van der Waals surface area contributed by atoms with Gasteiger partial charge in [-0.15, -0.1) is 0 Å². The molecular weight excluding hydrogens is 295 g/mol. The summed E-state index contributed by atoms with van der Waals surface area (Å²) in [4.78, 5) is 20.7. The van der Waals surface area contributed by atoms with Crippen LogP contribution in [-0.4, -0.2) is 22.4 Å². The van der Waals surface area contributed by atoms with E-state index in [0.717, 1.165) is 13.0 Å². The number of hydrogen-bond acceptors (Lipinski definition) is 4. The van der Waals surface area contributed by atoms with Crippen molar-refractivity contribution in [3.63, 3.8) is 0 Å². The molecule has 0 fully saturated rings. The summed E-state index contributed by atoms with van der Waals surface area (Å²) in [6, 6.07) is 7.59. The molecule has 23 heavy (non-hydrogen) atoms. The van der Waals surface area contributed by atoms with Gasteiger partial charge in [0.05, 0.1) is 5.69 Å². The molecule has 0 unspecified atom stereocenters. The van der Waals surface area contributed by atoms with E-state index < -0.39 is 11.7 Å². The number of benzene rings is 1. The standard InChI is InChI=1S/C17H21FN4O/c1-11(2)8-9-19-17-20-12(3)10-15(22-17)16(23)21-14-7-5-4-6-13(14)18/h4-7,10-11H,8-9H2,1-3H3,(H,21,23)(H,19,20,22). The molecule has 0 saturated heterocycles. The number of halogens is 1. The first-order valence-electron chi connectivity index (χ1n) is 7.61. The van der Waals surface area contributed by atoms with Crippen LogP contribution in [0, 0.1) is 18.7 Å². The van der Waals surface area contributed by atoms with Crippen LogP contribution in [-0.2, 0) is 0 Å². The SMILES string of the molecule is Cc1cc(C(=O)Nc2ccccc2F)nc(NCCC(C)C)n1. The van der Waals surface area contributed by atoms with Crippen LogP contribution in [0.2, 0.25) is 0 Å². The lowest BCUT2D eigenvalue weighted by atomic mass is 10.1. The summed E-state index contributed by atoms with van der Waals surface area (Å²) in [5.41, 5.74) is 1.00. The number of para-hydroxylation sites is 1. The topological polar surface area (TPSA) is 66.9 Å². The van der Waals surface area contributed by atoms with Crippen LogP contribution >= 0.6 is 0 Å². The molecule has 0 aliphatic carbocycles. The molecule has 0 saturated carbocycles. The van der Waals surface area contributed by atoms with Crippen LogP contribution in [0.5, 0.6) is 0 Å². The van der Waals surface area contributed by atoms with E-state index in [4.69, 9.17) is 0 Å². The van der Waals surface area contributed by atoms with E-state index in [9.17, 15) is 9.18 Å². The first kappa shape index (κ1) is 16.9. The third-order valence-corrected chi connectivity index (χ3v) is 3.21. The fraction of sp³-hybridized carbons (Fsp3) is 0.353. The summed E-state index contributed by atoms with van der Waals surface area (Å²) in [6.45, 7) is 6.78. The molecule has 1 heterocycles. The van der Waals surface area contributed by atoms with Crippen molar-refractivity contribution >= 4 is 17.5 Å². The average Bonchev–Trinajstić information content (AvgIpc) is 2.48. The number of carbonyl (C=O) groups is 1. The lowest BCUT2D eigenvalue weighted by molar-refractivity contribution is 0.102. The minimum atomic E-state index is -0.484. The smallest absolute Gasteiger partial charge is 0.274 e. The highest BCUT2D eigenvalue weighted by molar-refractivity contribution is 6.03. The lowest BCUT2D eigenvalue weighted by Crippen LogP contribution is -2.17. The number of amides is 1. The fourth-order valence-electron chi connectivity index (χ4n) is 1.99. The fourth-order valence-corrected chi connectivity index (χ4v) is 1.99. The van der Waals surface area contributed by atoms with Gasteiger partial charge >= 0.3 is 0 Å². The predicted octanol–water partition coefficient (Wildman–Crippen LogP) is 3.63. The number of carbonyl (C=O) groups excluding carboxylic acids is 1. The van der Waals surface area contributed by atoms with E-state index in [-0.39, 0.29) is 11.4 Å². The Hall–Kier alpha value is -2.50. The molecular formula is C17H21FN4O. The molecule has 0 bridgehead atoms. The van der Waals surface area contributed by atoms with Crippen molar-refractivity contribution in [2.45, 2.75) is 27.2 Å². The number of rotatable bonds is 6. The maximum Gasteiger partial charge on any atom is 0.274 e. The third-order valence-electron chi connectivity index (χ3n) is 3.21. The highest BCUT2D eigenvalue weighted by atomic mass is 19.1. The van der Waals surface area contributed by atoms with E-state index in [0.29, 0.717) is 17.6 Å². The van der Waals surface area contributed by atoms with Crippen molar-refractivity contribution in [3.05, 3.63) is 47.5 Å². The second kappa shape index (κ2) is 7.67.